The van der Waals surface area contributed by atoms with Crippen molar-refractivity contribution in [3.63, 3.8) is 0 Å². The molecule has 2 aliphatic rings. The van der Waals surface area contributed by atoms with Crippen molar-refractivity contribution in [2.75, 3.05) is 26.2 Å². The number of hydrogen-bond donors (Lipinski definition) is 3. The Morgan fingerprint density at radius 2 is 1.97 bits per heavy atom. The van der Waals surface area contributed by atoms with Crippen molar-refractivity contribution in [3.8, 4) is 6.07 Å². The Kier molecular flexibility index (Phi) is 10.1. The fourth-order valence-electron chi connectivity index (χ4n) is 4.98. The van der Waals surface area contributed by atoms with E-state index in [-0.39, 0.29) is 31.6 Å². The molecule has 3 rings (SSSR count). The number of carbonyl (C=O) groups excluding carboxylic acids is 2. The molecule has 2 aliphatic heterocycles. The molecule has 0 aromatic heterocycles. The molecule has 1 unspecified atom stereocenters. The molecule has 2 atom stereocenters. The molecule has 0 aliphatic carbocycles. The van der Waals surface area contributed by atoms with E-state index < -0.39 is 49.1 Å². The molecule has 12 heteroatoms. The number of nitrogens with one attached hydrogen (secondary N) is 1. The number of hydrogen-bond acceptors (Lipinski definition) is 7. The first-order valence-electron chi connectivity index (χ1n) is 13.2. The Bertz CT molecular complexity index is 1090. The smallest absolute Gasteiger partial charge is 0.447 e. The average Bonchev–Trinajstić information content (AvgIpc) is 3.27. The first-order valence-corrected chi connectivity index (χ1v) is 13.2. The lowest BCUT2D eigenvalue weighted by Crippen LogP contribution is -2.50. The van der Waals surface area contributed by atoms with Gasteiger partial charge in [-0.05, 0) is 58.1 Å². The Hall–Kier alpha value is -3.01. The average molecular weight is 546 g/mol. The summed E-state index contributed by atoms with van der Waals surface area (Å²) >= 11 is 0. The van der Waals surface area contributed by atoms with Crippen LogP contribution in [0.4, 0.5) is 13.6 Å². The van der Waals surface area contributed by atoms with E-state index in [0.29, 0.717) is 19.4 Å². The number of piperidine rings is 1. The molecule has 0 bridgehead atoms. The third-order valence-electron chi connectivity index (χ3n) is 7.37. The summed E-state index contributed by atoms with van der Waals surface area (Å²) in [4.78, 5) is 28.9. The summed E-state index contributed by atoms with van der Waals surface area (Å²) in [5.74, 6) is -4.34. The number of amides is 2. The van der Waals surface area contributed by atoms with Crippen LogP contribution in [0.2, 0.25) is 0 Å². The fraction of sp³-hybridized carbons (Fsp3) is 0.593. The SMILES string of the molecule is Cc1ccc(CC(NC(=O)OC[C@H]2CCCCN2C(=O)/C(C#N)=C/C(C)(C)N2CCC(F)(F)C2)B(O)O)cc1. The van der Waals surface area contributed by atoms with Gasteiger partial charge in [0.2, 0.25) is 0 Å². The molecule has 1 aromatic rings. The normalized spacial score (nSPS) is 20.7. The minimum Gasteiger partial charge on any atom is -0.447 e. The first-order chi connectivity index (χ1) is 18.3. The highest BCUT2D eigenvalue weighted by atomic mass is 19.3. The van der Waals surface area contributed by atoms with Crippen LogP contribution in [0.25, 0.3) is 0 Å². The van der Waals surface area contributed by atoms with Gasteiger partial charge in [0.15, 0.2) is 0 Å². The molecule has 1 aromatic carbocycles. The summed E-state index contributed by atoms with van der Waals surface area (Å²) in [6.45, 7) is 5.27. The molecule has 2 heterocycles. The zero-order valence-electron chi connectivity index (χ0n) is 22.7. The molecular weight excluding hydrogens is 509 g/mol. The molecule has 0 spiro atoms. The lowest BCUT2D eigenvalue weighted by Gasteiger charge is -2.36. The van der Waals surface area contributed by atoms with Crippen LogP contribution in [0.1, 0.15) is 50.7 Å². The van der Waals surface area contributed by atoms with Gasteiger partial charge in [0.05, 0.1) is 18.5 Å². The van der Waals surface area contributed by atoms with Crippen molar-refractivity contribution < 1.29 is 33.2 Å². The Balaban J connectivity index is 1.62. The molecule has 39 heavy (non-hydrogen) atoms. The van der Waals surface area contributed by atoms with Crippen molar-refractivity contribution in [2.24, 2.45) is 0 Å². The molecule has 9 nitrogen and oxygen atoms in total. The second-order valence-corrected chi connectivity index (χ2v) is 11.0. The van der Waals surface area contributed by atoms with E-state index >= 15 is 0 Å². The van der Waals surface area contributed by atoms with E-state index in [4.69, 9.17) is 4.74 Å². The number of alkyl carbamates (subject to hydrolysis) is 1. The van der Waals surface area contributed by atoms with Crippen molar-refractivity contribution in [1.29, 1.82) is 5.26 Å². The summed E-state index contributed by atoms with van der Waals surface area (Å²) in [6, 6.07) is 8.88. The summed E-state index contributed by atoms with van der Waals surface area (Å²) in [6.07, 6.45) is 2.55. The highest BCUT2D eigenvalue weighted by molar-refractivity contribution is 6.43. The van der Waals surface area contributed by atoms with E-state index in [9.17, 15) is 33.7 Å². The number of rotatable bonds is 9. The number of aryl methyl sites for hydroxylation is 1. The van der Waals surface area contributed by atoms with Gasteiger partial charge < -0.3 is 25.0 Å². The van der Waals surface area contributed by atoms with Gasteiger partial charge >= 0.3 is 13.2 Å². The van der Waals surface area contributed by atoms with Crippen molar-refractivity contribution in [3.05, 3.63) is 47.0 Å². The Morgan fingerprint density at radius 1 is 1.28 bits per heavy atom. The highest BCUT2D eigenvalue weighted by Gasteiger charge is 2.43. The zero-order valence-corrected chi connectivity index (χ0v) is 22.7. The van der Waals surface area contributed by atoms with Crippen LogP contribution in [0, 0.1) is 18.3 Å². The van der Waals surface area contributed by atoms with Gasteiger partial charge in [0, 0.05) is 25.0 Å². The third-order valence-corrected chi connectivity index (χ3v) is 7.37. The van der Waals surface area contributed by atoms with Gasteiger partial charge in [-0.2, -0.15) is 5.26 Å². The van der Waals surface area contributed by atoms with Crippen LogP contribution < -0.4 is 5.32 Å². The second-order valence-electron chi connectivity index (χ2n) is 11.0. The topological polar surface area (TPSA) is 126 Å². The number of benzene rings is 1. The van der Waals surface area contributed by atoms with Crippen LogP contribution in [0.3, 0.4) is 0 Å². The summed E-state index contributed by atoms with van der Waals surface area (Å²) in [7, 11) is -1.81. The minimum atomic E-state index is -2.80. The number of likely N-dealkylation sites (tertiary alicyclic amines) is 2. The lowest BCUT2D eigenvalue weighted by atomic mass is 9.76. The molecule has 2 fully saturated rings. The molecule has 212 valence electrons. The highest BCUT2D eigenvalue weighted by Crippen LogP contribution is 2.33. The van der Waals surface area contributed by atoms with Gasteiger partial charge in [-0.3, -0.25) is 9.69 Å². The predicted octanol–water partition coefficient (Wildman–Crippen LogP) is 2.60. The fourth-order valence-corrected chi connectivity index (χ4v) is 4.98. The van der Waals surface area contributed by atoms with E-state index in [0.717, 1.165) is 17.5 Å². The zero-order chi connectivity index (χ0) is 28.8. The lowest BCUT2D eigenvalue weighted by molar-refractivity contribution is -0.131. The summed E-state index contributed by atoms with van der Waals surface area (Å²) in [5.41, 5.74) is 0.779. The van der Waals surface area contributed by atoms with Crippen molar-refractivity contribution in [1.82, 2.24) is 15.1 Å². The maximum Gasteiger partial charge on any atom is 0.475 e. The summed E-state index contributed by atoms with van der Waals surface area (Å²) < 4.78 is 32.9. The molecular formula is C27H37BF2N4O5. The molecule has 0 saturated carbocycles. The predicted molar refractivity (Wildman–Crippen MR) is 142 cm³/mol. The van der Waals surface area contributed by atoms with Crippen LogP contribution >= 0.6 is 0 Å². The van der Waals surface area contributed by atoms with Crippen LogP contribution in [0.15, 0.2) is 35.9 Å². The van der Waals surface area contributed by atoms with Crippen molar-refractivity contribution in [2.45, 2.75) is 76.3 Å². The van der Waals surface area contributed by atoms with Crippen LogP contribution in [-0.2, 0) is 16.0 Å². The number of halogens is 2. The number of carbonyl (C=O) groups is 2. The van der Waals surface area contributed by atoms with E-state index in [1.54, 1.807) is 18.7 Å². The maximum atomic E-state index is 13.8. The number of alkyl halides is 2. The van der Waals surface area contributed by atoms with E-state index in [1.165, 1.54) is 11.0 Å². The number of nitriles is 1. The van der Waals surface area contributed by atoms with E-state index in [1.807, 2.05) is 37.3 Å². The van der Waals surface area contributed by atoms with E-state index in [2.05, 4.69) is 5.32 Å². The molecule has 3 N–H and O–H groups in total. The molecule has 2 saturated heterocycles. The number of ether oxygens (including phenoxy) is 1. The monoisotopic (exact) mass is 546 g/mol. The quantitative estimate of drug-likeness (QED) is 0.247. The Morgan fingerprint density at radius 3 is 2.56 bits per heavy atom. The third kappa shape index (κ3) is 8.49. The van der Waals surface area contributed by atoms with Gasteiger partial charge in [-0.25, -0.2) is 13.6 Å². The van der Waals surface area contributed by atoms with Gasteiger partial charge in [0.1, 0.15) is 18.2 Å². The summed E-state index contributed by atoms with van der Waals surface area (Å²) in [5, 5.41) is 31.7. The van der Waals surface area contributed by atoms with Gasteiger partial charge in [0.25, 0.3) is 11.8 Å². The number of nitrogens with zero attached hydrogens (tertiary/aromatic N) is 3. The van der Waals surface area contributed by atoms with Crippen LogP contribution in [0.5, 0.6) is 0 Å². The maximum absolute atomic E-state index is 13.8. The van der Waals surface area contributed by atoms with Crippen LogP contribution in [-0.4, -0.2) is 88.7 Å². The largest absolute Gasteiger partial charge is 0.475 e. The molecule has 2 amide bonds. The first kappa shape index (κ1) is 30.5. The standard InChI is InChI=1S/C27H37BF2N4O5/c1-19-7-9-20(10-8-19)14-23(28(37)38)32-25(36)39-17-22-6-4-5-12-34(22)24(35)21(16-31)15-26(2,3)33-13-11-27(29,30)18-33/h7-10,15,22-23,37-38H,4-6,11-14,17-18H2,1-3H3,(H,32,36)/b21-15+/t22-,23?/m1/s1. The molecule has 0 radical (unpaired) electrons. The van der Waals surface area contributed by atoms with Gasteiger partial charge in [-0.1, -0.05) is 29.8 Å². The van der Waals surface area contributed by atoms with Gasteiger partial charge in [-0.15, -0.1) is 0 Å². The van der Waals surface area contributed by atoms with Crippen molar-refractivity contribution >= 4 is 19.1 Å². The Labute approximate surface area is 228 Å². The second kappa shape index (κ2) is 12.9. The minimum absolute atomic E-state index is 0.142.